The van der Waals surface area contributed by atoms with E-state index in [0.29, 0.717) is 12.1 Å². The monoisotopic (exact) mass is 351 g/mol. The maximum absolute atomic E-state index is 14.5. The average Bonchev–Trinajstić information content (AvgIpc) is 2.78. The summed E-state index contributed by atoms with van der Waals surface area (Å²) in [4.78, 5) is 26.8. The Balaban J connectivity index is 2.26. The predicted molar refractivity (Wildman–Crippen MR) is 95.5 cm³/mol. The van der Waals surface area contributed by atoms with E-state index in [1.54, 1.807) is 32.9 Å². The van der Waals surface area contributed by atoms with Gasteiger partial charge in [0.2, 0.25) is 5.91 Å². The van der Waals surface area contributed by atoms with Crippen LogP contribution in [0.1, 0.15) is 41.0 Å². The summed E-state index contributed by atoms with van der Waals surface area (Å²) < 4.78 is 14.5. The van der Waals surface area contributed by atoms with E-state index in [1.807, 2.05) is 13.8 Å². The van der Waals surface area contributed by atoms with Gasteiger partial charge in [0.25, 0.3) is 0 Å². The molecule has 2 N–H and O–H groups in total. The van der Waals surface area contributed by atoms with E-state index in [2.05, 4.69) is 5.32 Å². The summed E-state index contributed by atoms with van der Waals surface area (Å²) in [6.07, 6.45) is -0.807. The largest absolute Gasteiger partial charge is 0.465 e. The van der Waals surface area contributed by atoms with Crippen molar-refractivity contribution in [3.8, 4) is 0 Å². The van der Waals surface area contributed by atoms with Crippen LogP contribution in [0.25, 0.3) is 0 Å². The molecular formula is C18H26FN3O3. The van der Waals surface area contributed by atoms with E-state index in [9.17, 15) is 19.1 Å². The van der Waals surface area contributed by atoms with Crippen molar-refractivity contribution in [1.82, 2.24) is 4.90 Å². The lowest BCUT2D eigenvalue weighted by atomic mass is 10.0. The van der Waals surface area contributed by atoms with Gasteiger partial charge in [-0.2, -0.15) is 0 Å². The number of rotatable bonds is 4. The molecule has 0 radical (unpaired) electrons. The van der Waals surface area contributed by atoms with E-state index in [4.69, 9.17) is 0 Å². The SMILES string of the molecule is CC(C)Nc1ccc(N2CC[C@H](N(C(=O)O)C(C)(C)C)C2=O)c(F)c1. The number of hydrogen-bond donors (Lipinski definition) is 2. The van der Waals surface area contributed by atoms with Crippen LogP contribution in [-0.2, 0) is 4.79 Å². The minimum absolute atomic E-state index is 0.166. The van der Waals surface area contributed by atoms with Gasteiger partial charge in [0.15, 0.2) is 0 Å². The third kappa shape index (κ3) is 4.03. The summed E-state index contributed by atoms with van der Waals surface area (Å²) in [5, 5.41) is 12.6. The van der Waals surface area contributed by atoms with Crippen molar-refractivity contribution in [3.63, 3.8) is 0 Å². The summed E-state index contributed by atoms with van der Waals surface area (Å²) in [7, 11) is 0. The predicted octanol–water partition coefficient (Wildman–Crippen LogP) is 3.53. The zero-order chi connectivity index (χ0) is 18.9. The molecule has 0 aliphatic carbocycles. The quantitative estimate of drug-likeness (QED) is 0.870. The zero-order valence-electron chi connectivity index (χ0n) is 15.3. The number of nitrogens with one attached hydrogen (secondary N) is 1. The highest BCUT2D eigenvalue weighted by Gasteiger charge is 2.43. The Morgan fingerprint density at radius 3 is 2.52 bits per heavy atom. The van der Waals surface area contributed by atoms with Crippen LogP contribution in [0.15, 0.2) is 18.2 Å². The van der Waals surface area contributed by atoms with Gasteiger partial charge in [-0.15, -0.1) is 0 Å². The first kappa shape index (κ1) is 19.0. The van der Waals surface area contributed by atoms with Crippen LogP contribution in [0.3, 0.4) is 0 Å². The molecule has 7 heteroatoms. The lowest BCUT2D eigenvalue weighted by molar-refractivity contribution is -0.122. The Morgan fingerprint density at radius 2 is 2.04 bits per heavy atom. The fourth-order valence-corrected chi connectivity index (χ4v) is 3.18. The highest BCUT2D eigenvalue weighted by molar-refractivity contribution is 6.01. The first-order chi connectivity index (χ1) is 11.5. The van der Waals surface area contributed by atoms with Crippen molar-refractivity contribution in [1.29, 1.82) is 0 Å². The topological polar surface area (TPSA) is 72.9 Å². The summed E-state index contributed by atoms with van der Waals surface area (Å²) in [5.74, 6) is -0.891. The molecule has 138 valence electrons. The molecular weight excluding hydrogens is 325 g/mol. The lowest BCUT2D eigenvalue weighted by Gasteiger charge is -2.36. The van der Waals surface area contributed by atoms with Crippen molar-refractivity contribution in [3.05, 3.63) is 24.0 Å². The van der Waals surface area contributed by atoms with Crippen LogP contribution in [0, 0.1) is 5.82 Å². The number of halogens is 1. The molecule has 1 aliphatic rings. The van der Waals surface area contributed by atoms with Crippen LogP contribution < -0.4 is 10.2 Å². The van der Waals surface area contributed by atoms with Crippen LogP contribution in [-0.4, -0.2) is 46.2 Å². The minimum atomic E-state index is -1.15. The fourth-order valence-electron chi connectivity index (χ4n) is 3.18. The number of nitrogens with zero attached hydrogens (tertiary/aromatic N) is 2. The van der Waals surface area contributed by atoms with Gasteiger partial charge in [-0.1, -0.05) is 0 Å². The molecule has 6 nitrogen and oxygen atoms in total. The molecule has 1 aromatic carbocycles. The van der Waals surface area contributed by atoms with Gasteiger partial charge in [-0.3, -0.25) is 9.69 Å². The van der Waals surface area contributed by atoms with Crippen molar-refractivity contribution >= 4 is 23.4 Å². The molecule has 2 amide bonds. The number of benzene rings is 1. The van der Waals surface area contributed by atoms with Crippen LogP contribution in [0.5, 0.6) is 0 Å². The van der Waals surface area contributed by atoms with Crippen LogP contribution in [0.2, 0.25) is 0 Å². The number of hydrogen-bond acceptors (Lipinski definition) is 3. The normalized spacial score (nSPS) is 18.0. The number of amides is 2. The van der Waals surface area contributed by atoms with Gasteiger partial charge in [0, 0.05) is 23.8 Å². The highest BCUT2D eigenvalue weighted by atomic mass is 19.1. The highest BCUT2D eigenvalue weighted by Crippen LogP contribution is 2.31. The smallest absolute Gasteiger partial charge is 0.408 e. The van der Waals surface area contributed by atoms with Crippen LogP contribution in [0.4, 0.5) is 20.6 Å². The van der Waals surface area contributed by atoms with E-state index in [-0.39, 0.29) is 24.2 Å². The summed E-state index contributed by atoms with van der Waals surface area (Å²) in [6, 6.07) is 4.00. The van der Waals surface area contributed by atoms with Crippen LogP contribution >= 0.6 is 0 Å². The lowest BCUT2D eigenvalue weighted by Crippen LogP contribution is -2.54. The van der Waals surface area contributed by atoms with Gasteiger partial charge in [-0.25, -0.2) is 9.18 Å². The Bertz CT molecular complexity index is 670. The number of carbonyl (C=O) groups is 2. The Morgan fingerprint density at radius 1 is 1.40 bits per heavy atom. The maximum Gasteiger partial charge on any atom is 0.408 e. The third-order valence-electron chi connectivity index (χ3n) is 4.11. The van der Waals surface area contributed by atoms with Crippen molar-refractivity contribution in [2.45, 2.75) is 58.7 Å². The number of anilines is 2. The second-order valence-electron chi connectivity index (χ2n) is 7.58. The van der Waals surface area contributed by atoms with E-state index in [0.717, 1.165) is 4.90 Å². The molecule has 0 spiro atoms. The van der Waals surface area contributed by atoms with Crippen molar-refractivity contribution in [2.24, 2.45) is 0 Å². The van der Waals surface area contributed by atoms with Gasteiger partial charge in [0.1, 0.15) is 11.9 Å². The van der Waals surface area contributed by atoms with Crippen molar-refractivity contribution < 1.29 is 19.1 Å². The second kappa shape index (κ2) is 6.90. The molecule has 0 unspecified atom stereocenters. The standard InChI is InChI=1S/C18H26FN3O3/c1-11(2)20-12-6-7-14(13(19)10-12)21-9-8-15(16(21)23)22(17(24)25)18(3,4)5/h6-7,10-11,15,20H,8-9H2,1-5H3,(H,24,25)/t15-/m0/s1. The number of carbonyl (C=O) groups excluding carboxylic acids is 1. The van der Waals surface area contributed by atoms with Gasteiger partial charge in [-0.05, 0) is 59.2 Å². The molecule has 1 fully saturated rings. The molecule has 25 heavy (non-hydrogen) atoms. The van der Waals surface area contributed by atoms with Crippen molar-refractivity contribution in [2.75, 3.05) is 16.8 Å². The summed E-state index contributed by atoms with van der Waals surface area (Å²) >= 11 is 0. The molecule has 1 aromatic rings. The maximum atomic E-state index is 14.5. The fraction of sp³-hybridized carbons (Fsp3) is 0.556. The Kier molecular flexibility index (Phi) is 5.25. The molecule has 2 rings (SSSR count). The second-order valence-corrected chi connectivity index (χ2v) is 7.58. The van der Waals surface area contributed by atoms with E-state index in [1.165, 1.54) is 11.0 Å². The van der Waals surface area contributed by atoms with Gasteiger partial charge in [0.05, 0.1) is 5.69 Å². The minimum Gasteiger partial charge on any atom is -0.465 e. The molecule has 1 aliphatic heterocycles. The Labute approximate surface area is 147 Å². The molecule has 0 aromatic heterocycles. The molecule has 0 bridgehead atoms. The molecule has 1 atom stereocenters. The summed E-state index contributed by atoms with van der Waals surface area (Å²) in [5.41, 5.74) is 0.105. The molecule has 1 saturated heterocycles. The number of carboxylic acid groups (broad SMARTS) is 1. The Hall–Kier alpha value is -2.31. The van der Waals surface area contributed by atoms with E-state index < -0.39 is 23.5 Å². The zero-order valence-corrected chi connectivity index (χ0v) is 15.3. The first-order valence-corrected chi connectivity index (χ1v) is 8.42. The first-order valence-electron chi connectivity index (χ1n) is 8.42. The average molecular weight is 351 g/mol. The summed E-state index contributed by atoms with van der Waals surface area (Å²) in [6.45, 7) is 9.41. The van der Waals surface area contributed by atoms with Gasteiger partial charge >= 0.3 is 6.09 Å². The molecule has 0 saturated carbocycles. The third-order valence-corrected chi connectivity index (χ3v) is 4.11. The molecule has 1 heterocycles. The van der Waals surface area contributed by atoms with Gasteiger partial charge < -0.3 is 15.3 Å². The van der Waals surface area contributed by atoms with E-state index >= 15 is 0 Å².